The number of aliphatic carboxylic acids is 2. The van der Waals surface area contributed by atoms with Gasteiger partial charge in [0.15, 0.2) is 12.2 Å². The Bertz CT molecular complexity index is 206. The molecule has 7 heteroatoms. The van der Waals surface area contributed by atoms with Crippen LogP contribution >= 0.6 is 0 Å². The fourth-order valence-electron chi connectivity index (χ4n) is 1.12. The molecule has 0 aliphatic heterocycles. The van der Waals surface area contributed by atoms with Gasteiger partial charge in [0.1, 0.15) is 0 Å². The van der Waals surface area contributed by atoms with Gasteiger partial charge in [0.05, 0.1) is 0 Å². The van der Waals surface area contributed by atoms with Crippen molar-refractivity contribution < 1.29 is 35.5 Å². The third-order valence-corrected chi connectivity index (χ3v) is 2.26. The van der Waals surface area contributed by atoms with Crippen molar-refractivity contribution in [1.82, 2.24) is 0 Å². The molecule has 6 N–H and O–H groups in total. The lowest BCUT2D eigenvalue weighted by Gasteiger charge is -2.07. The van der Waals surface area contributed by atoms with Crippen LogP contribution in [-0.4, -0.2) is 50.0 Å². The number of aliphatic hydroxyl groups excluding tert-OH is 2. The van der Waals surface area contributed by atoms with Crippen molar-refractivity contribution in [2.75, 3.05) is 0 Å². The minimum Gasteiger partial charge on any atom is -0.479 e. The molecule has 2 unspecified atom stereocenters. The summed E-state index contributed by atoms with van der Waals surface area (Å²) in [4.78, 5) is 19.5. The molecule has 2 atom stereocenters. The highest BCUT2D eigenvalue weighted by Crippen LogP contribution is 2.03. The van der Waals surface area contributed by atoms with Gasteiger partial charge in [0.2, 0.25) is 0 Å². The number of carboxylic acids is 2. The van der Waals surface area contributed by atoms with Crippen LogP contribution in [0.4, 0.5) is 0 Å². The van der Waals surface area contributed by atoms with Crippen LogP contribution in [0.25, 0.3) is 0 Å². The summed E-state index contributed by atoms with van der Waals surface area (Å²) in [6, 6.07) is 0. The molecular formula is C12H26O7. The number of hydrogen-bond acceptors (Lipinski definition) is 4. The first-order chi connectivity index (χ1) is 8.38. The summed E-state index contributed by atoms with van der Waals surface area (Å²) < 4.78 is 0. The number of unbranched alkanes of at least 4 members (excludes halogenated alkanes) is 5. The van der Waals surface area contributed by atoms with Gasteiger partial charge in [-0.25, -0.2) is 9.59 Å². The van der Waals surface area contributed by atoms with Gasteiger partial charge in [0.25, 0.3) is 0 Å². The van der Waals surface area contributed by atoms with E-state index in [2.05, 4.69) is 13.8 Å². The maximum atomic E-state index is 9.77. The highest BCUT2D eigenvalue weighted by molar-refractivity contribution is 5.83. The first-order valence-electron chi connectivity index (χ1n) is 6.20. The quantitative estimate of drug-likeness (QED) is 0.474. The van der Waals surface area contributed by atoms with Crippen LogP contribution in [0.5, 0.6) is 0 Å². The Morgan fingerprint density at radius 1 is 0.789 bits per heavy atom. The largest absolute Gasteiger partial charge is 0.479 e. The smallest absolute Gasteiger partial charge is 0.335 e. The van der Waals surface area contributed by atoms with Gasteiger partial charge in [-0.3, -0.25) is 0 Å². The second-order valence-electron chi connectivity index (χ2n) is 3.98. The van der Waals surface area contributed by atoms with Crippen molar-refractivity contribution in [1.29, 1.82) is 0 Å². The Labute approximate surface area is 113 Å². The Morgan fingerprint density at radius 3 is 1.21 bits per heavy atom. The molecule has 0 rings (SSSR count). The van der Waals surface area contributed by atoms with E-state index in [9.17, 15) is 9.59 Å². The van der Waals surface area contributed by atoms with Crippen LogP contribution < -0.4 is 0 Å². The molecule has 0 radical (unpaired) electrons. The molecule has 19 heavy (non-hydrogen) atoms. The molecule has 0 aliphatic carbocycles. The SMILES string of the molecule is CCCCCCCC.O.O=C(O)C(O)C(O)C(=O)O. The van der Waals surface area contributed by atoms with Crippen molar-refractivity contribution in [3.05, 3.63) is 0 Å². The summed E-state index contributed by atoms with van der Waals surface area (Å²) in [7, 11) is 0. The number of hydrogen-bond donors (Lipinski definition) is 4. The first kappa shape index (κ1) is 23.0. The van der Waals surface area contributed by atoms with Crippen LogP contribution in [0.1, 0.15) is 52.4 Å². The van der Waals surface area contributed by atoms with Gasteiger partial charge in [-0.1, -0.05) is 52.4 Å². The fourth-order valence-corrected chi connectivity index (χ4v) is 1.12. The highest BCUT2D eigenvalue weighted by Gasteiger charge is 2.29. The highest BCUT2D eigenvalue weighted by atomic mass is 16.4. The predicted octanol–water partition coefficient (Wildman–Crippen LogP) is 0.419. The minimum absolute atomic E-state index is 0. The summed E-state index contributed by atoms with van der Waals surface area (Å²) in [6.07, 6.45) is 3.96. The lowest BCUT2D eigenvalue weighted by atomic mass is 10.1. The van der Waals surface area contributed by atoms with Crippen molar-refractivity contribution in [2.24, 2.45) is 0 Å². The summed E-state index contributed by atoms with van der Waals surface area (Å²) in [5.74, 6) is -3.54. The van der Waals surface area contributed by atoms with Gasteiger partial charge in [0, 0.05) is 0 Å². The molecule has 0 aliphatic rings. The van der Waals surface area contributed by atoms with Gasteiger partial charge in [-0.2, -0.15) is 0 Å². The zero-order chi connectivity index (χ0) is 14.6. The van der Waals surface area contributed by atoms with Crippen molar-refractivity contribution in [2.45, 2.75) is 64.6 Å². The molecule has 0 amide bonds. The van der Waals surface area contributed by atoms with Gasteiger partial charge < -0.3 is 25.9 Å². The van der Waals surface area contributed by atoms with E-state index in [1.54, 1.807) is 0 Å². The molecule has 0 spiro atoms. The predicted molar refractivity (Wildman–Crippen MR) is 69.9 cm³/mol. The summed E-state index contributed by atoms with van der Waals surface area (Å²) in [6.45, 7) is 4.51. The Hall–Kier alpha value is -1.18. The van der Waals surface area contributed by atoms with Gasteiger partial charge >= 0.3 is 11.9 Å². The molecule has 0 aromatic rings. The van der Waals surface area contributed by atoms with Crippen LogP contribution in [0.15, 0.2) is 0 Å². The Morgan fingerprint density at radius 2 is 1.05 bits per heavy atom. The second kappa shape index (κ2) is 14.9. The van der Waals surface area contributed by atoms with E-state index in [0.29, 0.717) is 0 Å². The first-order valence-corrected chi connectivity index (χ1v) is 6.20. The van der Waals surface area contributed by atoms with Crippen LogP contribution in [0.3, 0.4) is 0 Å². The third kappa shape index (κ3) is 14.8. The third-order valence-electron chi connectivity index (χ3n) is 2.26. The van der Waals surface area contributed by atoms with Crippen LogP contribution in [0.2, 0.25) is 0 Å². The fraction of sp³-hybridized carbons (Fsp3) is 0.833. The number of aliphatic hydroxyl groups is 2. The lowest BCUT2D eigenvalue weighted by molar-refractivity contribution is -0.165. The molecule has 0 aromatic heterocycles. The molecule has 0 fully saturated rings. The summed E-state index contributed by atoms with van der Waals surface area (Å²) >= 11 is 0. The Kier molecular flexibility index (Phi) is 18.0. The summed E-state index contributed by atoms with van der Waals surface area (Å²) in [5, 5.41) is 32.5. The van der Waals surface area contributed by atoms with E-state index in [0.717, 1.165) is 0 Å². The van der Waals surface area contributed by atoms with Gasteiger partial charge in [-0.15, -0.1) is 0 Å². The molecule has 0 heterocycles. The van der Waals surface area contributed by atoms with E-state index < -0.39 is 24.1 Å². The average molecular weight is 282 g/mol. The van der Waals surface area contributed by atoms with Crippen molar-refractivity contribution in [3.63, 3.8) is 0 Å². The molecule has 0 bridgehead atoms. The average Bonchev–Trinajstić information content (AvgIpc) is 2.33. The molecule has 116 valence electrons. The maximum Gasteiger partial charge on any atom is 0.335 e. The molecular weight excluding hydrogens is 256 g/mol. The van der Waals surface area contributed by atoms with E-state index in [1.807, 2.05) is 0 Å². The number of carboxylic acid groups (broad SMARTS) is 2. The molecule has 0 saturated carbocycles. The van der Waals surface area contributed by atoms with Crippen molar-refractivity contribution in [3.8, 4) is 0 Å². The number of carbonyl (C=O) groups is 2. The number of rotatable bonds is 8. The zero-order valence-corrected chi connectivity index (χ0v) is 11.5. The maximum absolute atomic E-state index is 9.77. The normalized spacial score (nSPS) is 12.4. The minimum atomic E-state index is -2.27. The van der Waals surface area contributed by atoms with Crippen molar-refractivity contribution >= 4 is 11.9 Å². The monoisotopic (exact) mass is 282 g/mol. The lowest BCUT2D eigenvalue weighted by Crippen LogP contribution is -2.39. The molecule has 7 nitrogen and oxygen atoms in total. The van der Waals surface area contributed by atoms with E-state index >= 15 is 0 Å². The Balaban J connectivity index is -0.000000262. The van der Waals surface area contributed by atoms with E-state index in [4.69, 9.17) is 20.4 Å². The summed E-state index contributed by atoms with van der Waals surface area (Å²) in [5.41, 5.74) is 0. The van der Waals surface area contributed by atoms with Gasteiger partial charge in [-0.05, 0) is 0 Å². The van der Waals surface area contributed by atoms with Crippen LogP contribution in [-0.2, 0) is 9.59 Å². The second-order valence-corrected chi connectivity index (χ2v) is 3.98. The van der Waals surface area contributed by atoms with E-state index in [1.165, 1.54) is 38.5 Å². The zero-order valence-electron chi connectivity index (χ0n) is 11.5. The topological polar surface area (TPSA) is 147 Å². The van der Waals surface area contributed by atoms with E-state index in [-0.39, 0.29) is 5.48 Å². The van der Waals surface area contributed by atoms with Crippen LogP contribution in [0, 0.1) is 0 Å². The standard InChI is InChI=1S/C8H18.C4H6O6.H2O/c1-3-5-7-8-6-4-2;5-1(3(7)8)2(6)4(9)10;/h3-8H2,1-2H3;1-2,5-6H,(H,7,8)(H,9,10);1H2. The molecule has 0 aromatic carbocycles. The molecule has 0 saturated heterocycles.